The Morgan fingerprint density at radius 1 is 1.12 bits per heavy atom. The Morgan fingerprint density at radius 2 is 1.88 bits per heavy atom. The van der Waals surface area contributed by atoms with Gasteiger partial charge in [0, 0.05) is 48.6 Å². The minimum Gasteiger partial charge on any atom is -0.497 e. The van der Waals surface area contributed by atoms with Gasteiger partial charge in [-0.2, -0.15) is 10.2 Å². The Kier molecular flexibility index (Phi) is 9.31. The first-order chi connectivity index (χ1) is 20.5. The van der Waals surface area contributed by atoms with E-state index in [2.05, 4.69) is 25.6 Å². The smallest absolute Gasteiger partial charge is 0.267 e. The molecule has 2 N–H and O–H groups in total. The molecule has 0 unspecified atom stereocenters. The second-order valence-electron chi connectivity index (χ2n) is 10.7. The van der Waals surface area contributed by atoms with Gasteiger partial charge in [0.05, 0.1) is 19.2 Å². The van der Waals surface area contributed by atoms with Crippen LogP contribution in [0.2, 0.25) is 5.02 Å². The van der Waals surface area contributed by atoms with Gasteiger partial charge >= 0.3 is 0 Å². The van der Waals surface area contributed by atoms with E-state index in [4.69, 9.17) is 21.1 Å². The van der Waals surface area contributed by atoms with Crippen molar-refractivity contribution in [1.82, 2.24) is 19.5 Å². The summed E-state index contributed by atoms with van der Waals surface area (Å²) >= 11 is 6.65. The van der Waals surface area contributed by atoms with E-state index in [1.807, 2.05) is 26.8 Å². The standard InChI is InChI=1S/C31H32ClN7O4/c1-31(2,3)14-20(15-33)28(40)37-25-8-7-18(16-35-25)9-10-39-27-19(17-36-30(34-4)38-27)11-23(29(39)41)22-12-21(42-5)13-24(43-6)26(22)32/h7-8,11-14,16-17H,9-10H2,1-6H3,(H,34,36,38)(H,35,37,40)/b20-14+. The summed E-state index contributed by atoms with van der Waals surface area (Å²) in [4.78, 5) is 39.7. The summed E-state index contributed by atoms with van der Waals surface area (Å²) in [7, 11) is 4.71. The summed E-state index contributed by atoms with van der Waals surface area (Å²) < 4.78 is 12.4. The molecule has 222 valence electrons. The molecule has 0 fully saturated rings. The van der Waals surface area contributed by atoms with Crippen LogP contribution < -0.4 is 25.7 Å². The van der Waals surface area contributed by atoms with Gasteiger partial charge in [-0.3, -0.25) is 14.2 Å². The minimum absolute atomic E-state index is 0.0150. The molecule has 0 bridgehead atoms. The van der Waals surface area contributed by atoms with Crippen LogP contribution in [0.3, 0.4) is 0 Å². The number of hydrogen-bond acceptors (Lipinski definition) is 9. The van der Waals surface area contributed by atoms with Crippen LogP contribution in [0.5, 0.6) is 11.5 Å². The zero-order valence-corrected chi connectivity index (χ0v) is 25.5. The topological polar surface area (TPSA) is 144 Å². The highest BCUT2D eigenvalue weighted by atomic mass is 35.5. The molecule has 43 heavy (non-hydrogen) atoms. The van der Waals surface area contributed by atoms with Crippen LogP contribution in [0.15, 0.2) is 59.2 Å². The molecule has 4 aromatic rings. The number of ether oxygens (including phenoxy) is 2. The lowest BCUT2D eigenvalue weighted by molar-refractivity contribution is -0.112. The number of aryl methyl sites for hydroxylation is 2. The molecule has 4 rings (SSSR count). The number of nitrogens with zero attached hydrogens (tertiary/aromatic N) is 5. The number of carbonyl (C=O) groups excluding carboxylic acids is 1. The van der Waals surface area contributed by atoms with Crippen molar-refractivity contribution < 1.29 is 14.3 Å². The lowest BCUT2D eigenvalue weighted by Crippen LogP contribution is -2.24. The number of hydrogen-bond donors (Lipinski definition) is 2. The number of nitriles is 1. The Morgan fingerprint density at radius 3 is 2.49 bits per heavy atom. The van der Waals surface area contributed by atoms with Gasteiger partial charge in [-0.25, -0.2) is 9.97 Å². The van der Waals surface area contributed by atoms with Crippen molar-refractivity contribution in [2.45, 2.75) is 33.7 Å². The summed E-state index contributed by atoms with van der Waals surface area (Å²) in [6.07, 6.45) is 5.30. The van der Waals surface area contributed by atoms with Crippen LogP contribution >= 0.6 is 11.6 Å². The second kappa shape index (κ2) is 12.9. The van der Waals surface area contributed by atoms with Crippen molar-refractivity contribution in [3.05, 3.63) is 75.3 Å². The first kappa shape index (κ1) is 31.0. The number of carbonyl (C=O) groups is 1. The summed E-state index contributed by atoms with van der Waals surface area (Å²) in [5, 5.41) is 15.9. The van der Waals surface area contributed by atoms with Crippen molar-refractivity contribution >= 4 is 40.3 Å². The van der Waals surface area contributed by atoms with Gasteiger partial charge < -0.3 is 20.1 Å². The Balaban J connectivity index is 1.68. The van der Waals surface area contributed by atoms with Gasteiger partial charge in [0.25, 0.3) is 11.5 Å². The molecular formula is C31H32ClN7O4. The van der Waals surface area contributed by atoms with Crippen molar-refractivity contribution in [2.75, 3.05) is 31.9 Å². The SMILES string of the molecule is CNc1ncc2cc(-c3cc(OC)cc(OC)c3Cl)c(=O)n(CCc3ccc(NC(=O)/C(C#N)=C/C(C)(C)C)nc3)c2n1. The molecule has 3 aromatic heterocycles. The maximum atomic E-state index is 14.0. The molecule has 3 heterocycles. The molecular weight excluding hydrogens is 570 g/mol. The van der Waals surface area contributed by atoms with Crippen LogP contribution in [0.1, 0.15) is 26.3 Å². The molecule has 1 amide bonds. The number of rotatable bonds is 9. The largest absolute Gasteiger partial charge is 0.497 e. The molecule has 0 aliphatic heterocycles. The van der Waals surface area contributed by atoms with E-state index in [-0.39, 0.29) is 28.1 Å². The van der Waals surface area contributed by atoms with Crippen LogP contribution in [0.25, 0.3) is 22.2 Å². The van der Waals surface area contributed by atoms with Gasteiger partial charge in [0.1, 0.15) is 34.6 Å². The maximum Gasteiger partial charge on any atom is 0.267 e. The fourth-order valence-electron chi connectivity index (χ4n) is 4.37. The number of anilines is 2. The molecule has 12 heteroatoms. The highest BCUT2D eigenvalue weighted by Crippen LogP contribution is 2.38. The number of methoxy groups -OCH3 is 2. The van der Waals surface area contributed by atoms with Crippen molar-refractivity contribution in [3.63, 3.8) is 0 Å². The summed E-state index contributed by atoms with van der Waals surface area (Å²) in [5.41, 5.74) is 1.43. The van der Waals surface area contributed by atoms with Gasteiger partial charge in [-0.1, -0.05) is 44.5 Å². The second-order valence-corrected chi connectivity index (χ2v) is 11.1. The summed E-state index contributed by atoms with van der Waals surface area (Å²) in [6.45, 7) is 5.98. The number of nitrogens with one attached hydrogen (secondary N) is 2. The third kappa shape index (κ3) is 7.10. The monoisotopic (exact) mass is 601 g/mol. The van der Waals surface area contributed by atoms with Gasteiger partial charge in [0.2, 0.25) is 5.95 Å². The molecule has 0 spiro atoms. The maximum absolute atomic E-state index is 14.0. The minimum atomic E-state index is -0.527. The van der Waals surface area contributed by atoms with E-state index in [9.17, 15) is 14.9 Å². The number of benzene rings is 1. The predicted octanol–water partition coefficient (Wildman–Crippen LogP) is 5.24. The summed E-state index contributed by atoms with van der Waals surface area (Å²) in [5.74, 6) is 1.01. The first-order valence-electron chi connectivity index (χ1n) is 13.4. The predicted molar refractivity (Wildman–Crippen MR) is 167 cm³/mol. The van der Waals surface area contributed by atoms with E-state index in [1.165, 1.54) is 14.2 Å². The number of pyridine rings is 2. The van der Waals surface area contributed by atoms with E-state index in [1.54, 1.807) is 60.4 Å². The van der Waals surface area contributed by atoms with Crippen LogP contribution in [0.4, 0.5) is 11.8 Å². The van der Waals surface area contributed by atoms with E-state index in [0.29, 0.717) is 51.8 Å². The number of allylic oxidation sites excluding steroid dienone is 1. The number of amides is 1. The molecule has 0 saturated heterocycles. The average Bonchev–Trinajstić information content (AvgIpc) is 2.99. The number of fused-ring (bicyclic) bond motifs is 1. The molecule has 11 nitrogen and oxygen atoms in total. The molecule has 1 aromatic carbocycles. The lowest BCUT2D eigenvalue weighted by atomic mass is 9.93. The number of halogens is 1. The van der Waals surface area contributed by atoms with Crippen LogP contribution in [0, 0.1) is 16.7 Å². The summed E-state index contributed by atoms with van der Waals surface area (Å²) in [6, 6.07) is 10.4. The average molecular weight is 602 g/mol. The molecule has 0 saturated carbocycles. The van der Waals surface area contributed by atoms with Crippen LogP contribution in [-0.2, 0) is 17.8 Å². The van der Waals surface area contributed by atoms with Gasteiger partial charge in [-0.05, 0) is 35.6 Å². The lowest BCUT2D eigenvalue weighted by Gasteiger charge is -2.16. The first-order valence-corrected chi connectivity index (χ1v) is 13.7. The van der Waals surface area contributed by atoms with Gasteiger partial charge in [-0.15, -0.1) is 0 Å². The fraction of sp³-hybridized carbons (Fsp3) is 0.290. The highest BCUT2D eigenvalue weighted by Gasteiger charge is 2.19. The molecule has 0 aliphatic rings. The molecule has 0 aliphatic carbocycles. The van der Waals surface area contributed by atoms with Crippen molar-refractivity contribution in [1.29, 1.82) is 5.26 Å². The van der Waals surface area contributed by atoms with Crippen molar-refractivity contribution in [2.24, 2.45) is 5.41 Å². The quantitative estimate of drug-likeness (QED) is 0.194. The van der Waals surface area contributed by atoms with Gasteiger partial charge in [0.15, 0.2) is 0 Å². The normalized spacial score (nSPS) is 11.6. The van der Waals surface area contributed by atoms with E-state index < -0.39 is 5.91 Å². The third-order valence-electron chi connectivity index (χ3n) is 6.44. The molecule has 0 radical (unpaired) electrons. The zero-order chi connectivity index (χ0) is 31.3. The Labute approximate surface area is 254 Å². The molecule has 0 atom stereocenters. The van der Waals surface area contributed by atoms with Crippen LogP contribution in [-0.4, -0.2) is 46.7 Å². The Hall–Kier alpha value is -4.95. The third-order valence-corrected chi connectivity index (χ3v) is 6.83. The fourth-order valence-corrected chi connectivity index (χ4v) is 4.66. The number of aromatic nitrogens is 4. The Bertz CT molecular complexity index is 1800. The van der Waals surface area contributed by atoms with E-state index in [0.717, 1.165) is 5.56 Å². The van der Waals surface area contributed by atoms with Crippen molar-refractivity contribution in [3.8, 4) is 28.7 Å². The van der Waals surface area contributed by atoms with E-state index >= 15 is 0 Å². The highest BCUT2D eigenvalue weighted by molar-refractivity contribution is 6.35. The zero-order valence-electron chi connectivity index (χ0n) is 24.8.